The van der Waals surface area contributed by atoms with E-state index in [1.165, 1.54) is 6.07 Å². The van der Waals surface area contributed by atoms with E-state index in [1.54, 1.807) is 13.2 Å². The molecule has 0 aromatic heterocycles. The van der Waals surface area contributed by atoms with Crippen molar-refractivity contribution < 1.29 is 9.13 Å². The molecule has 3 atom stereocenters. The molecule has 0 spiro atoms. The van der Waals surface area contributed by atoms with E-state index in [2.05, 4.69) is 0 Å². The van der Waals surface area contributed by atoms with Crippen LogP contribution in [0, 0.1) is 11.7 Å². The summed E-state index contributed by atoms with van der Waals surface area (Å²) in [6, 6.07) is 6.83. The Kier molecular flexibility index (Phi) is 2.52. The molecule has 1 aromatic carbocycles. The first-order chi connectivity index (χ1) is 6.79. The highest BCUT2D eigenvalue weighted by Gasteiger charge is 2.51. The molecule has 0 saturated heterocycles. The van der Waals surface area contributed by atoms with Crippen molar-refractivity contribution in [2.45, 2.75) is 12.0 Å². The molecule has 14 heavy (non-hydrogen) atoms. The quantitative estimate of drug-likeness (QED) is 0.793. The molecule has 0 amide bonds. The molecule has 2 N–H and O–H groups in total. The number of benzene rings is 1. The van der Waals surface area contributed by atoms with Gasteiger partial charge in [-0.1, -0.05) is 18.2 Å². The second kappa shape index (κ2) is 3.67. The molecule has 1 fully saturated rings. The Morgan fingerprint density at radius 2 is 2.14 bits per heavy atom. The number of methoxy groups -OCH3 is 1. The molecule has 1 aliphatic rings. The van der Waals surface area contributed by atoms with E-state index >= 15 is 0 Å². The molecule has 3 heteroatoms. The van der Waals surface area contributed by atoms with E-state index in [9.17, 15) is 4.39 Å². The highest BCUT2D eigenvalue weighted by Crippen LogP contribution is 2.49. The summed E-state index contributed by atoms with van der Waals surface area (Å²) in [5.74, 6) is 0.263. The van der Waals surface area contributed by atoms with Crippen molar-refractivity contribution in [3.8, 4) is 0 Å². The van der Waals surface area contributed by atoms with Gasteiger partial charge in [0, 0.05) is 18.9 Å². The molecule has 0 bridgehead atoms. The first kappa shape index (κ1) is 9.62. The summed E-state index contributed by atoms with van der Waals surface area (Å²) >= 11 is 0. The Morgan fingerprint density at radius 3 is 2.64 bits per heavy atom. The van der Waals surface area contributed by atoms with Crippen molar-refractivity contribution in [2.24, 2.45) is 11.7 Å². The molecule has 1 aliphatic carbocycles. The van der Waals surface area contributed by atoms with Crippen molar-refractivity contribution in [1.29, 1.82) is 0 Å². The largest absolute Gasteiger partial charge is 0.380 e. The second-order valence-corrected chi connectivity index (χ2v) is 3.65. The minimum Gasteiger partial charge on any atom is -0.380 e. The normalized spacial score (nSPS) is 30.4. The minimum atomic E-state index is -0.157. The van der Waals surface area contributed by atoms with Gasteiger partial charge in [0.1, 0.15) is 5.82 Å². The van der Waals surface area contributed by atoms with E-state index in [0.29, 0.717) is 6.54 Å². The number of hydrogen-bond donors (Lipinski definition) is 1. The lowest BCUT2D eigenvalue weighted by Crippen LogP contribution is -2.05. The molecule has 1 aromatic rings. The fourth-order valence-electron chi connectivity index (χ4n) is 2.10. The van der Waals surface area contributed by atoms with Crippen LogP contribution in [-0.2, 0) is 4.74 Å². The lowest BCUT2D eigenvalue weighted by atomic mass is 10.1. The van der Waals surface area contributed by atoms with E-state index in [0.717, 1.165) is 5.56 Å². The summed E-state index contributed by atoms with van der Waals surface area (Å²) in [5, 5.41) is 0. The molecular formula is C11H14FNO. The van der Waals surface area contributed by atoms with Gasteiger partial charge >= 0.3 is 0 Å². The van der Waals surface area contributed by atoms with Gasteiger partial charge in [0.25, 0.3) is 0 Å². The zero-order chi connectivity index (χ0) is 10.1. The first-order valence-corrected chi connectivity index (χ1v) is 4.77. The third-order valence-electron chi connectivity index (χ3n) is 2.90. The summed E-state index contributed by atoms with van der Waals surface area (Å²) in [4.78, 5) is 0. The van der Waals surface area contributed by atoms with Crippen molar-refractivity contribution in [3.05, 3.63) is 35.6 Å². The third kappa shape index (κ3) is 1.42. The van der Waals surface area contributed by atoms with Gasteiger partial charge in [0.05, 0.1) is 6.10 Å². The van der Waals surface area contributed by atoms with E-state index < -0.39 is 0 Å². The third-order valence-corrected chi connectivity index (χ3v) is 2.90. The number of nitrogens with two attached hydrogens (primary N) is 1. The zero-order valence-corrected chi connectivity index (χ0v) is 8.11. The summed E-state index contributed by atoms with van der Waals surface area (Å²) in [6.07, 6.45) is 0.0944. The highest BCUT2D eigenvalue weighted by atomic mass is 19.1. The highest BCUT2D eigenvalue weighted by molar-refractivity contribution is 5.31. The molecule has 76 valence electrons. The topological polar surface area (TPSA) is 35.2 Å². The van der Waals surface area contributed by atoms with E-state index in [4.69, 9.17) is 10.5 Å². The van der Waals surface area contributed by atoms with Crippen molar-refractivity contribution in [2.75, 3.05) is 13.7 Å². The smallest absolute Gasteiger partial charge is 0.126 e. The number of rotatable bonds is 3. The maximum absolute atomic E-state index is 13.4. The Hall–Kier alpha value is -0.930. The molecule has 0 aliphatic heterocycles. The van der Waals surface area contributed by atoms with Gasteiger partial charge in [-0.25, -0.2) is 4.39 Å². The van der Waals surface area contributed by atoms with E-state index in [-0.39, 0.29) is 23.8 Å². The number of halogens is 1. The van der Waals surface area contributed by atoms with Crippen molar-refractivity contribution >= 4 is 0 Å². The van der Waals surface area contributed by atoms with Crippen LogP contribution in [0.5, 0.6) is 0 Å². The van der Waals surface area contributed by atoms with Crippen LogP contribution in [0.25, 0.3) is 0 Å². The Labute approximate surface area is 82.9 Å². The van der Waals surface area contributed by atoms with E-state index in [1.807, 2.05) is 12.1 Å². The minimum absolute atomic E-state index is 0.0944. The first-order valence-electron chi connectivity index (χ1n) is 4.77. The lowest BCUT2D eigenvalue weighted by Gasteiger charge is -2.00. The Bertz CT molecular complexity index is 319. The van der Waals surface area contributed by atoms with Gasteiger partial charge < -0.3 is 10.5 Å². The van der Waals surface area contributed by atoms with Gasteiger partial charge in [-0.3, -0.25) is 0 Å². The number of hydrogen-bond acceptors (Lipinski definition) is 2. The van der Waals surface area contributed by atoms with Crippen molar-refractivity contribution in [1.82, 2.24) is 0 Å². The molecule has 2 nitrogen and oxygen atoms in total. The zero-order valence-electron chi connectivity index (χ0n) is 8.11. The van der Waals surface area contributed by atoms with Crippen LogP contribution in [0.4, 0.5) is 4.39 Å². The van der Waals surface area contributed by atoms with Crippen LogP contribution in [0.1, 0.15) is 11.5 Å². The van der Waals surface area contributed by atoms with Crippen LogP contribution >= 0.6 is 0 Å². The van der Waals surface area contributed by atoms with Crippen LogP contribution in [-0.4, -0.2) is 19.8 Å². The Balaban J connectivity index is 2.21. The van der Waals surface area contributed by atoms with Crippen LogP contribution in [0.3, 0.4) is 0 Å². The standard InChI is InChI=1S/C11H14FNO/c1-14-11-8(6-13)10(11)7-4-2-3-5-9(7)12/h2-5,8,10-11H,6,13H2,1H3. The molecule has 2 rings (SSSR count). The lowest BCUT2D eigenvalue weighted by molar-refractivity contribution is 0.166. The maximum atomic E-state index is 13.4. The monoisotopic (exact) mass is 195 g/mol. The molecule has 0 heterocycles. The molecule has 3 unspecified atom stereocenters. The number of ether oxygens (including phenoxy) is 1. The maximum Gasteiger partial charge on any atom is 0.126 e. The fraction of sp³-hybridized carbons (Fsp3) is 0.455. The molecular weight excluding hydrogens is 181 g/mol. The predicted octanol–water partition coefficient (Wildman–Crippen LogP) is 1.51. The van der Waals surface area contributed by atoms with Crippen molar-refractivity contribution in [3.63, 3.8) is 0 Å². The Morgan fingerprint density at radius 1 is 1.43 bits per heavy atom. The van der Waals surface area contributed by atoms with Gasteiger partial charge in [-0.05, 0) is 18.2 Å². The van der Waals surface area contributed by atoms with Gasteiger partial charge in [0.2, 0.25) is 0 Å². The molecule has 0 radical (unpaired) electrons. The SMILES string of the molecule is COC1C(CN)C1c1ccccc1F. The summed E-state index contributed by atoms with van der Waals surface area (Å²) in [5.41, 5.74) is 6.31. The second-order valence-electron chi connectivity index (χ2n) is 3.65. The van der Waals surface area contributed by atoms with Gasteiger partial charge in [0.15, 0.2) is 0 Å². The van der Waals surface area contributed by atoms with Gasteiger partial charge in [-0.15, -0.1) is 0 Å². The summed E-state index contributed by atoms with van der Waals surface area (Å²) in [6.45, 7) is 0.553. The summed E-state index contributed by atoms with van der Waals surface area (Å²) in [7, 11) is 1.65. The van der Waals surface area contributed by atoms with Crippen LogP contribution in [0.2, 0.25) is 0 Å². The average molecular weight is 195 g/mol. The van der Waals surface area contributed by atoms with Crippen LogP contribution in [0.15, 0.2) is 24.3 Å². The van der Waals surface area contributed by atoms with Crippen LogP contribution < -0.4 is 5.73 Å². The fourth-order valence-corrected chi connectivity index (χ4v) is 2.10. The molecule has 1 saturated carbocycles. The summed E-state index contributed by atoms with van der Waals surface area (Å²) < 4.78 is 18.6. The van der Waals surface area contributed by atoms with Gasteiger partial charge in [-0.2, -0.15) is 0 Å². The predicted molar refractivity (Wildman–Crippen MR) is 52.5 cm³/mol. The average Bonchev–Trinajstić information content (AvgIpc) is 2.91.